The van der Waals surface area contributed by atoms with Crippen molar-refractivity contribution < 1.29 is 4.42 Å². The Labute approximate surface area is 90.6 Å². The van der Waals surface area contributed by atoms with E-state index < -0.39 is 0 Å². The Hall–Kier alpha value is -0.470. The van der Waals surface area contributed by atoms with Gasteiger partial charge in [0, 0.05) is 0 Å². The maximum Gasteiger partial charge on any atom is 0.193 e. The lowest BCUT2D eigenvalue weighted by atomic mass is 9.85. The van der Waals surface area contributed by atoms with Gasteiger partial charge in [0.05, 0.1) is 6.04 Å². The van der Waals surface area contributed by atoms with Crippen LogP contribution in [0.4, 0.5) is 0 Å². The Morgan fingerprint density at radius 1 is 1.43 bits per heavy atom. The fourth-order valence-electron chi connectivity index (χ4n) is 1.52. The second-order valence-electron chi connectivity index (χ2n) is 4.50. The molecule has 0 spiro atoms. The van der Waals surface area contributed by atoms with Gasteiger partial charge in [-0.25, -0.2) is 0 Å². The van der Waals surface area contributed by atoms with Crippen molar-refractivity contribution in [1.29, 1.82) is 0 Å². The molecule has 0 aliphatic rings. The Morgan fingerprint density at radius 3 is 2.43 bits per heavy atom. The van der Waals surface area contributed by atoms with Gasteiger partial charge < -0.3 is 9.73 Å². The minimum atomic E-state index is 0.122. The van der Waals surface area contributed by atoms with Crippen LogP contribution in [0.1, 0.15) is 39.5 Å². The van der Waals surface area contributed by atoms with E-state index in [1.165, 1.54) is 0 Å². The van der Waals surface area contributed by atoms with Gasteiger partial charge in [-0.3, -0.25) is 0 Å². The van der Waals surface area contributed by atoms with Crippen LogP contribution in [0.15, 0.2) is 16.5 Å². The molecule has 0 saturated heterocycles. The van der Waals surface area contributed by atoms with E-state index in [1.54, 1.807) is 6.07 Å². The smallest absolute Gasteiger partial charge is 0.193 e. The lowest BCUT2D eigenvalue weighted by Gasteiger charge is -2.29. The molecule has 2 nitrogen and oxygen atoms in total. The number of hydrogen-bond donors (Lipinski definition) is 1. The highest BCUT2D eigenvalue weighted by atomic mass is 35.5. The molecule has 14 heavy (non-hydrogen) atoms. The van der Waals surface area contributed by atoms with Crippen molar-refractivity contribution in [3.05, 3.63) is 23.1 Å². The molecule has 0 aromatic carbocycles. The minimum absolute atomic E-state index is 0.122. The predicted molar refractivity (Wildman–Crippen MR) is 59.6 cm³/mol. The molecular formula is C11H18ClNO. The van der Waals surface area contributed by atoms with Crippen molar-refractivity contribution >= 4 is 11.6 Å². The van der Waals surface area contributed by atoms with Crippen molar-refractivity contribution in [1.82, 2.24) is 5.32 Å². The third-order valence-electron chi connectivity index (χ3n) is 2.15. The normalized spacial score (nSPS) is 14.4. The summed E-state index contributed by atoms with van der Waals surface area (Å²) in [4.78, 5) is 0. The third kappa shape index (κ3) is 2.76. The average molecular weight is 216 g/mol. The molecule has 0 amide bonds. The lowest BCUT2D eigenvalue weighted by molar-refractivity contribution is 0.241. The fourth-order valence-corrected chi connectivity index (χ4v) is 1.67. The Morgan fingerprint density at radius 2 is 2.07 bits per heavy atom. The van der Waals surface area contributed by atoms with Gasteiger partial charge in [-0.1, -0.05) is 27.7 Å². The zero-order valence-electron chi connectivity index (χ0n) is 9.23. The first kappa shape index (κ1) is 11.6. The molecule has 0 aliphatic carbocycles. The quantitative estimate of drug-likeness (QED) is 0.833. The second-order valence-corrected chi connectivity index (χ2v) is 4.87. The number of nitrogens with one attached hydrogen (secondary N) is 1. The van der Waals surface area contributed by atoms with E-state index in [-0.39, 0.29) is 11.5 Å². The maximum atomic E-state index is 5.76. The number of furan rings is 1. The van der Waals surface area contributed by atoms with Crippen LogP contribution in [0.5, 0.6) is 0 Å². The zero-order chi connectivity index (χ0) is 10.8. The molecule has 0 aliphatic heterocycles. The molecule has 1 N–H and O–H groups in total. The summed E-state index contributed by atoms with van der Waals surface area (Å²) in [6, 6.07) is 3.92. The van der Waals surface area contributed by atoms with E-state index in [4.69, 9.17) is 16.0 Å². The highest BCUT2D eigenvalue weighted by Crippen LogP contribution is 2.34. The fraction of sp³-hybridized carbons (Fsp3) is 0.636. The first-order chi connectivity index (χ1) is 6.45. The first-order valence-corrected chi connectivity index (χ1v) is 5.31. The van der Waals surface area contributed by atoms with Crippen LogP contribution in [-0.2, 0) is 0 Å². The maximum absolute atomic E-state index is 5.76. The molecule has 1 aromatic rings. The van der Waals surface area contributed by atoms with Gasteiger partial charge >= 0.3 is 0 Å². The first-order valence-electron chi connectivity index (χ1n) is 4.93. The predicted octanol–water partition coefficient (Wildman–Crippen LogP) is 3.63. The SMILES string of the molecule is CCNC(c1ccc(Cl)o1)C(C)(C)C. The number of hydrogen-bond acceptors (Lipinski definition) is 2. The van der Waals surface area contributed by atoms with E-state index in [9.17, 15) is 0 Å². The van der Waals surface area contributed by atoms with Crippen LogP contribution < -0.4 is 5.32 Å². The molecule has 0 saturated carbocycles. The highest BCUT2D eigenvalue weighted by molar-refractivity contribution is 6.28. The Bertz CT molecular complexity index is 288. The van der Waals surface area contributed by atoms with E-state index >= 15 is 0 Å². The molecule has 0 radical (unpaired) electrons. The monoisotopic (exact) mass is 215 g/mol. The summed E-state index contributed by atoms with van der Waals surface area (Å²) in [5.74, 6) is 0.907. The van der Waals surface area contributed by atoms with Gasteiger partial charge in [0.1, 0.15) is 5.76 Å². The van der Waals surface area contributed by atoms with E-state index in [1.807, 2.05) is 6.07 Å². The highest BCUT2D eigenvalue weighted by Gasteiger charge is 2.27. The minimum Gasteiger partial charge on any atom is -0.448 e. The van der Waals surface area contributed by atoms with Crippen LogP contribution in [0, 0.1) is 5.41 Å². The topological polar surface area (TPSA) is 25.2 Å². The van der Waals surface area contributed by atoms with Crippen molar-refractivity contribution in [2.45, 2.75) is 33.7 Å². The second kappa shape index (κ2) is 4.37. The summed E-state index contributed by atoms with van der Waals surface area (Å²) in [5.41, 5.74) is 0.122. The molecule has 0 fully saturated rings. The Balaban J connectivity index is 2.88. The standard InChI is InChI=1S/C11H18ClNO/c1-5-13-10(11(2,3)4)8-6-7-9(12)14-8/h6-7,10,13H,5H2,1-4H3. The molecule has 80 valence electrons. The number of halogens is 1. The molecule has 1 heterocycles. The molecule has 0 bridgehead atoms. The van der Waals surface area contributed by atoms with Crippen LogP contribution in [0.25, 0.3) is 0 Å². The van der Waals surface area contributed by atoms with Gasteiger partial charge in [-0.15, -0.1) is 0 Å². The van der Waals surface area contributed by atoms with Gasteiger partial charge in [0.25, 0.3) is 0 Å². The van der Waals surface area contributed by atoms with Crippen LogP contribution >= 0.6 is 11.6 Å². The zero-order valence-corrected chi connectivity index (χ0v) is 9.98. The summed E-state index contributed by atoms with van der Waals surface area (Å²) in [6.07, 6.45) is 0. The van der Waals surface area contributed by atoms with Crippen LogP contribution in [0.2, 0.25) is 5.22 Å². The summed E-state index contributed by atoms with van der Waals surface area (Å²) < 4.78 is 5.43. The summed E-state index contributed by atoms with van der Waals surface area (Å²) in [6.45, 7) is 9.54. The Kier molecular flexibility index (Phi) is 3.62. The van der Waals surface area contributed by atoms with E-state index in [2.05, 4.69) is 33.0 Å². The van der Waals surface area contributed by atoms with Gasteiger partial charge in [-0.05, 0) is 35.7 Å². The molecule has 3 heteroatoms. The van der Waals surface area contributed by atoms with Crippen LogP contribution in [0.3, 0.4) is 0 Å². The summed E-state index contributed by atoms with van der Waals surface area (Å²) in [7, 11) is 0. The van der Waals surface area contributed by atoms with Gasteiger partial charge in [0.2, 0.25) is 0 Å². The van der Waals surface area contributed by atoms with Gasteiger partial charge in [-0.2, -0.15) is 0 Å². The number of rotatable bonds is 3. The average Bonchev–Trinajstić information content (AvgIpc) is 2.45. The molecule has 1 aromatic heterocycles. The van der Waals surface area contributed by atoms with Crippen molar-refractivity contribution in [3.8, 4) is 0 Å². The van der Waals surface area contributed by atoms with Crippen molar-refractivity contribution in [3.63, 3.8) is 0 Å². The largest absolute Gasteiger partial charge is 0.448 e. The lowest BCUT2D eigenvalue weighted by Crippen LogP contribution is -2.31. The summed E-state index contributed by atoms with van der Waals surface area (Å²) >= 11 is 5.76. The summed E-state index contributed by atoms with van der Waals surface area (Å²) in [5, 5.41) is 3.85. The molecule has 1 rings (SSSR count). The third-order valence-corrected chi connectivity index (χ3v) is 2.36. The van der Waals surface area contributed by atoms with Gasteiger partial charge in [0.15, 0.2) is 5.22 Å². The molecular weight excluding hydrogens is 198 g/mol. The van der Waals surface area contributed by atoms with Crippen LogP contribution in [-0.4, -0.2) is 6.54 Å². The molecule has 1 atom stereocenters. The van der Waals surface area contributed by atoms with E-state index in [0.717, 1.165) is 12.3 Å². The van der Waals surface area contributed by atoms with Crippen molar-refractivity contribution in [2.75, 3.05) is 6.54 Å². The van der Waals surface area contributed by atoms with E-state index in [0.29, 0.717) is 5.22 Å². The van der Waals surface area contributed by atoms with Crippen molar-refractivity contribution in [2.24, 2.45) is 5.41 Å². The molecule has 1 unspecified atom stereocenters.